The molecule has 15 heteroatoms. The lowest BCUT2D eigenvalue weighted by molar-refractivity contribution is 0.104. The summed E-state index contributed by atoms with van der Waals surface area (Å²) in [5, 5.41) is 10.9. The summed E-state index contributed by atoms with van der Waals surface area (Å²) in [7, 11) is 0. The minimum atomic E-state index is -0.157. The highest BCUT2D eigenvalue weighted by Gasteiger charge is 2.29. The molecule has 0 aliphatic carbocycles. The Morgan fingerprint density at radius 2 is 0.562 bits per heavy atom. The van der Waals surface area contributed by atoms with Crippen molar-refractivity contribution in [1.82, 2.24) is 0 Å². The predicted molar refractivity (Wildman–Crippen MR) is 584 cm³/mol. The molecule has 0 N–H and O–H groups in total. The highest BCUT2D eigenvalue weighted by Crippen LogP contribution is 2.56. The number of carbonyl (C=O) groups excluding carboxylic acids is 1. The summed E-state index contributed by atoms with van der Waals surface area (Å²) in [4.78, 5) is 50.8. The van der Waals surface area contributed by atoms with E-state index in [1.165, 1.54) is 257 Å². The average Bonchev–Trinajstić information content (AvgIpc) is 1.58. The topological polar surface area (TPSA) is 17.1 Å². The van der Waals surface area contributed by atoms with Crippen molar-refractivity contribution in [2.24, 2.45) is 0 Å². The molecule has 19 rings (SSSR count). The average molecular weight is 1930 g/mol. The lowest BCUT2D eigenvalue weighted by atomic mass is 9.83. The van der Waals surface area contributed by atoms with E-state index in [1.54, 1.807) is 22.3 Å². The van der Waals surface area contributed by atoms with Gasteiger partial charge in [0.05, 0.1) is 0 Å². The molecular formula is C113H106OS14. The quantitative estimate of drug-likeness (QED) is 0.0283. The number of aryl methyl sites for hydroxylation is 2. The molecule has 648 valence electrons. The maximum Gasteiger partial charge on any atom is 0.193 e. The first-order valence-corrected chi connectivity index (χ1v) is 57.3. The Kier molecular flexibility index (Phi) is 28.1. The zero-order valence-electron chi connectivity index (χ0n) is 74.3. The number of hydrogen-bond acceptors (Lipinski definition) is 15. The summed E-state index contributed by atoms with van der Waals surface area (Å²) in [6.45, 7) is 21.0. The van der Waals surface area contributed by atoms with Crippen LogP contribution in [-0.2, 0) is 31.1 Å². The number of unbranched alkanes of at least 4 members (excludes halogenated alkanes) is 12. The van der Waals surface area contributed by atoms with E-state index in [0.717, 1.165) is 58.4 Å². The van der Waals surface area contributed by atoms with Crippen LogP contribution in [0.2, 0.25) is 0 Å². The Labute approximate surface area is 812 Å². The number of ketones is 1. The first-order chi connectivity index (χ1) is 62.6. The SMILES string of the molecule is CCCCCCc1c(-c2ccc(-c3ccc(-c4cccs4)s3)s2)sc(-c2ccc(-c3ccc(-c4ccc(-c5cc6cc(C(C)(C)C)cc(c(-c7ccc(-c8ccc(-c9ccc(-c%10sc(-c%11ccc(-c%12ccc(-c%13cccs%13)s%12)s%11)c(CCCCCC)c%10CCCCCC)s9)s8)s7)cc7cc(C(=O)c8cccc9ccccc89)cc5c7C)c6C)s4)s3)s2)c1CCCCCC. The third kappa shape index (κ3) is 19.1. The van der Waals surface area contributed by atoms with Gasteiger partial charge in [-0.3, -0.25) is 4.79 Å². The molecule has 0 saturated carbocycles. The zero-order valence-corrected chi connectivity index (χ0v) is 85.7. The first-order valence-electron chi connectivity index (χ1n) is 45.8. The van der Waals surface area contributed by atoms with E-state index in [2.05, 4.69) is 308 Å². The van der Waals surface area contributed by atoms with E-state index < -0.39 is 0 Å². The molecule has 14 heterocycles. The van der Waals surface area contributed by atoms with Gasteiger partial charge in [0.15, 0.2) is 5.78 Å². The van der Waals surface area contributed by atoms with Gasteiger partial charge in [0.25, 0.3) is 0 Å². The molecule has 128 heavy (non-hydrogen) atoms. The Balaban J connectivity index is 0.667. The number of rotatable bonds is 36. The zero-order chi connectivity index (χ0) is 87.5. The number of carbonyl (C=O) groups is 1. The Morgan fingerprint density at radius 1 is 0.258 bits per heavy atom. The Hall–Kier alpha value is -7.91. The van der Waals surface area contributed by atoms with Crippen molar-refractivity contribution in [2.75, 3.05) is 0 Å². The molecule has 5 aromatic carbocycles. The van der Waals surface area contributed by atoms with Gasteiger partial charge >= 0.3 is 0 Å². The van der Waals surface area contributed by atoms with Crippen LogP contribution in [0.25, 0.3) is 170 Å². The van der Waals surface area contributed by atoms with E-state index >= 15 is 4.79 Å². The van der Waals surface area contributed by atoms with Gasteiger partial charge in [-0.05, 0) is 322 Å². The summed E-state index contributed by atoms with van der Waals surface area (Å²) in [5.41, 5.74) is 13.6. The molecule has 0 atom stereocenters. The van der Waals surface area contributed by atoms with Crippen LogP contribution < -0.4 is 0 Å². The van der Waals surface area contributed by atoms with Crippen molar-refractivity contribution in [1.29, 1.82) is 0 Å². The molecule has 0 amide bonds. The molecular weight excluding hydrogens is 1820 g/mol. The van der Waals surface area contributed by atoms with Crippen LogP contribution >= 0.6 is 159 Å². The van der Waals surface area contributed by atoms with Crippen LogP contribution in [0.15, 0.2) is 235 Å². The second kappa shape index (κ2) is 40.3. The molecule has 0 saturated heterocycles. The van der Waals surface area contributed by atoms with Crippen molar-refractivity contribution in [3.63, 3.8) is 0 Å². The van der Waals surface area contributed by atoms with Crippen LogP contribution in [0.5, 0.6) is 0 Å². The summed E-state index contributed by atoms with van der Waals surface area (Å²) < 4.78 is 0. The van der Waals surface area contributed by atoms with Gasteiger partial charge in [-0.15, -0.1) is 159 Å². The summed E-state index contributed by atoms with van der Waals surface area (Å²) in [6.07, 6.45) is 24.6. The smallest absolute Gasteiger partial charge is 0.193 e. The third-order valence-corrected chi connectivity index (χ3v) is 42.6. The van der Waals surface area contributed by atoms with Crippen LogP contribution in [0.4, 0.5) is 0 Å². The standard InChI is InChI=1S/C113H106OS14/c1-10-14-18-22-34-78-80(36-24-20-16-12-3)111(127-109(78)104-57-53-100(123-104)96-47-45-90(119-96)88-39-29-61-115-88)106-59-55-102(125-106)98-51-49-94(121-98)92-43-41-86(117-92)84-66-73-64-75(113(7,8)9)68-83(70(73)6)85(65-72-63-74(67-82(84)69(72)5)108(114)77-38-28-32-71-31-26-27-33-76(71)77)87-42-44-93(118-87)95-50-52-99(122-95)103-56-60-107(126-103)112-81(37-25-21-17-13-4)79(35-23-19-15-11-2)110(128-112)105-58-54-101(124-105)97-48-46-91(120-97)89-40-30-62-116-89/h26-33,38-68H,10-25,34-37H2,1-9H3. The Morgan fingerprint density at radius 3 is 0.906 bits per heavy atom. The fourth-order valence-electron chi connectivity index (χ4n) is 18.0. The van der Waals surface area contributed by atoms with Gasteiger partial charge in [-0.2, -0.15) is 0 Å². The second-order valence-electron chi connectivity index (χ2n) is 35.0. The number of benzene rings is 4. The second-order valence-corrected chi connectivity index (χ2v) is 49.7. The van der Waals surface area contributed by atoms with Gasteiger partial charge in [0, 0.05) is 138 Å². The van der Waals surface area contributed by atoms with Crippen LogP contribution in [0.1, 0.15) is 206 Å². The lowest BCUT2D eigenvalue weighted by Gasteiger charge is -2.21. The molecule has 19 aromatic rings. The minimum absolute atomic E-state index is 0.0245. The summed E-state index contributed by atoms with van der Waals surface area (Å²) in [5.74, 6) is 0.0245. The fourth-order valence-corrected chi connectivity index (χ4v) is 33.6. The van der Waals surface area contributed by atoms with Crippen molar-refractivity contribution in [3.8, 4) is 138 Å². The molecule has 0 fully saturated rings. The largest absolute Gasteiger partial charge is 0.289 e. The van der Waals surface area contributed by atoms with Crippen molar-refractivity contribution >= 4 is 197 Å². The highest BCUT2D eigenvalue weighted by molar-refractivity contribution is 7.33. The van der Waals surface area contributed by atoms with Gasteiger partial charge in [0.1, 0.15) is 0 Å². The number of thiophene rings is 14. The van der Waals surface area contributed by atoms with Crippen LogP contribution in [0.3, 0.4) is 0 Å². The predicted octanol–water partition coefficient (Wildman–Crippen LogP) is 41.5. The van der Waals surface area contributed by atoms with Gasteiger partial charge in [-0.1, -0.05) is 192 Å². The van der Waals surface area contributed by atoms with E-state index in [1.807, 2.05) is 148 Å². The lowest BCUT2D eigenvalue weighted by Crippen LogP contribution is -2.11. The molecule has 4 bridgehead atoms. The van der Waals surface area contributed by atoms with E-state index in [0.29, 0.717) is 11.1 Å². The molecule has 1 nitrogen and oxygen atoms in total. The number of fused-ring (bicyclic) bond motifs is 5. The molecule has 0 aliphatic heterocycles. The maximum absolute atomic E-state index is 15.8. The molecule has 0 unspecified atom stereocenters. The van der Waals surface area contributed by atoms with Crippen LogP contribution in [-0.4, -0.2) is 5.78 Å². The van der Waals surface area contributed by atoms with Crippen molar-refractivity contribution < 1.29 is 4.79 Å². The van der Waals surface area contributed by atoms with Gasteiger partial charge < -0.3 is 0 Å². The minimum Gasteiger partial charge on any atom is -0.289 e. The Bertz CT molecular complexity index is 7110. The normalized spacial score (nSPS) is 12.0. The van der Waals surface area contributed by atoms with Crippen molar-refractivity contribution in [3.05, 3.63) is 285 Å². The summed E-state index contributed by atoms with van der Waals surface area (Å²) >= 11 is 27.1. The van der Waals surface area contributed by atoms with E-state index in [4.69, 9.17) is 0 Å². The monoisotopic (exact) mass is 1930 g/mol. The summed E-state index contributed by atoms with van der Waals surface area (Å²) in [6, 6.07) is 85.1. The molecule has 0 aliphatic rings. The molecule has 0 radical (unpaired) electrons. The van der Waals surface area contributed by atoms with Crippen molar-refractivity contribution in [2.45, 2.75) is 196 Å². The first kappa shape index (κ1) is 89.3. The van der Waals surface area contributed by atoms with Gasteiger partial charge in [0.2, 0.25) is 0 Å². The molecule has 14 aromatic heterocycles. The molecule has 0 spiro atoms. The van der Waals surface area contributed by atoms with E-state index in [-0.39, 0.29) is 11.2 Å². The number of hydrogen-bond donors (Lipinski definition) is 0. The highest BCUT2D eigenvalue weighted by atomic mass is 32.2. The maximum atomic E-state index is 15.8. The van der Waals surface area contributed by atoms with E-state index in [9.17, 15) is 0 Å². The van der Waals surface area contributed by atoms with Gasteiger partial charge in [-0.25, -0.2) is 0 Å². The third-order valence-electron chi connectivity index (χ3n) is 25.1. The fraction of sp³-hybridized carbons (Fsp3) is 0.265. The van der Waals surface area contributed by atoms with Crippen LogP contribution in [0, 0.1) is 13.8 Å².